The highest BCUT2D eigenvalue weighted by Crippen LogP contribution is 2.13. The number of carbonyl (C=O) groups excluding carboxylic acids is 2. The topological polar surface area (TPSA) is 96.9 Å². The van der Waals surface area contributed by atoms with Gasteiger partial charge in [-0.1, -0.05) is 103 Å². The van der Waals surface area contributed by atoms with Gasteiger partial charge in [0.2, 0.25) is 0 Å². The van der Waals surface area contributed by atoms with Gasteiger partial charge in [0.15, 0.2) is 6.10 Å². The predicted molar refractivity (Wildman–Crippen MR) is 125 cm³/mol. The number of aliphatic hydroxyl groups is 1. The van der Waals surface area contributed by atoms with Crippen LogP contribution in [0.3, 0.4) is 0 Å². The molecule has 1 unspecified atom stereocenters. The van der Waals surface area contributed by atoms with Crippen LogP contribution in [-0.2, 0) is 9.47 Å². The molecule has 0 fully saturated rings. The van der Waals surface area contributed by atoms with Crippen molar-refractivity contribution >= 4 is 12.2 Å². The van der Waals surface area contributed by atoms with Crippen LogP contribution in [0.15, 0.2) is 0 Å². The van der Waals surface area contributed by atoms with Crippen LogP contribution in [0.2, 0.25) is 0 Å². The summed E-state index contributed by atoms with van der Waals surface area (Å²) in [7, 11) is 1.42. The maximum atomic E-state index is 11.6. The molecule has 0 aliphatic rings. The van der Waals surface area contributed by atoms with Gasteiger partial charge >= 0.3 is 12.2 Å². The normalized spacial score (nSPS) is 11.7. The van der Waals surface area contributed by atoms with Crippen LogP contribution < -0.4 is 10.6 Å². The molecule has 3 N–H and O–H groups in total. The fourth-order valence-corrected chi connectivity index (χ4v) is 3.42. The predicted octanol–water partition coefficient (Wildman–Crippen LogP) is 5.69. The lowest BCUT2D eigenvalue weighted by atomic mass is 10.0. The molecule has 0 bridgehead atoms. The number of aliphatic hydroxyl groups excluding tert-OH is 1. The summed E-state index contributed by atoms with van der Waals surface area (Å²) in [6.07, 6.45) is 19.0. The number of amides is 2. The van der Waals surface area contributed by atoms with E-state index in [0.717, 1.165) is 12.8 Å². The van der Waals surface area contributed by atoms with E-state index in [-0.39, 0.29) is 6.61 Å². The Kier molecular flexibility index (Phi) is 22.0. The zero-order valence-corrected chi connectivity index (χ0v) is 20.1. The van der Waals surface area contributed by atoms with E-state index in [1.165, 1.54) is 96.9 Å². The third-order valence-corrected chi connectivity index (χ3v) is 5.38. The summed E-state index contributed by atoms with van der Waals surface area (Å²) in [5.41, 5.74) is 0. The van der Waals surface area contributed by atoms with Crippen LogP contribution >= 0.6 is 0 Å². The van der Waals surface area contributed by atoms with Crippen LogP contribution in [0.5, 0.6) is 0 Å². The molecule has 31 heavy (non-hydrogen) atoms. The summed E-state index contributed by atoms with van der Waals surface area (Å²) in [6, 6.07) is 0. The molecular weight excluding hydrogens is 396 g/mol. The van der Waals surface area contributed by atoms with Crippen molar-refractivity contribution in [3.05, 3.63) is 0 Å². The van der Waals surface area contributed by atoms with Gasteiger partial charge in [0.05, 0.1) is 6.61 Å². The number of rotatable bonds is 21. The van der Waals surface area contributed by atoms with Gasteiger partial charge in [-0.15, -0.1) is 0 Å². The SMILES string of the molecule is CCCCCCCCCCCCCCCCCCNC(=O)OCC(CO)OC(=O)NC. The number of hydrogen-bond acceptors (Lipinski definition) is 5. The van der Waals surface area contributed by atoms with Gasteiger partial charge < -0.3 is 25.2 Å². The monoisotopic (exact) mass is 444 g/mol. The molecule has 7 heteroatoms. The molecule has 184 valence electrons. The molecule has 0 saturated heterocycles. The Morgan fingerprint density at radius 1 is 0.742 bits per heavy atom. The Labute approximate surface area is 190 Å². The van der Waals surface area contributed by atoms with E-state index in [2.05, 4.69) is 17.6 Å². The van der Waals surface area contributed by atoms with E-state index in [4.69, 9.17) is 14.6 Å². The van der Waals surface area contributed by atoms with Crippen LogP contribution in [-0.4, -0.2) is 50.2 Å². The van der Waals surface area contributed by atoms with E-state index in [0.29, 0.717) is 6.54 Å². The fourth-order valence-electron chi connectivity index (χ4n) is 3.42. The molecular formula is C24H48N2O5. The lowest BCUT2D eigenvalue weighted by Crippen LogP contribution is -2.34. The standard InChI is InChI=1S/C24H48N2O5/c1-3-4-5-6-7-8-9-10-11-12-13-14-15-16-17-18-19-26-24(29)30-21-22(20-27)31-23(28)25-2/h22,27H,3-21H2,1-2H3,(H,25,28)(H,26,29). The summed E-state index contributed by atoms with van der Waals surface area (Å²) in [5.74, 6) is 0. The first-order chi connectivity index (χ1) is 15.1. The molecule has 0 spiro atoms. The largest absolute Gasteiger partial charge is 0.446 e. The zero-order chi connectivity index (χ0) is 23.0. The second-order valence-corrected chi connectivity index (χ2v) is 8.29. The molecule has 0 aromatic rings. The van der Waals surface area contributed by atoms with Crippen molar-refractivity contribution in [1.82, 2.24) is 10.6 Å². The molecule has 7 nitrogen and oxygen atoms in total. The molecule has 2 amide bonds. The Hall–Kier alpha value is -1.50. The van der Waals surface area contributed by atoms with E-state index in [9.17, 15) is 9.59 Å². The van der Waals surface area contributed by atoms with Crippen LogP contribution in [0.25, 0.3) is 0 Å². The number of hydrogen-bond donors (Lipinski definition) is 3. The van der Waals surface area contributed by atoms with E-state index >= 15 is 0 Å². The minimum absolute atomic E-state index is 0.172. The minimum atomic E-state index is -0.860. The lowest BCUT2D eigenvalue weighted by molar-refractivity contribution is 0.0148. The average molecular weight is 445 g/mol. The molecule has 0 aliphatic carbocycles. The maximum absolute atomic E-state index is 11.6. The Morgan fingerprint density at radius 2 is 1.19 bits per heavy atom. The van der Waals surface area contributed by atoms with Crippen molar-refractivity contribution in [1.29, 1.82) is 0 Å². The Balaban J connectivity index is 3.31. The minimum Gasteiger partial charge on any atom is -0.446 e. The van der Waals surface area contributed by atoms with Crippen molar-refractivity contribution in [2.45, 2.75) is 116 Å². The molecule has 0 saturated carbocycles. The Morgan fingerprint density at radius 3 is 1.61 bits per heavy atom. The first-order valence-electron chi connectivity index (χ1n) is 12.5. The van der Waals surface area contributed by atoms with Gasteiger partial charge in [0, 0.05) is 13.6 Å². The number of unbranched alkanes of at least 4 members (excludes halogenated alkanes) is 15. The molecule has 1 atom stereocenters. The van der Waals surface area contributed by atoms with Gasteiger partial charge in [-0.3, -0.25) is 0 Å². The summed E-state index contributed by atoms with van der Waals surface area (Å²) in [4.78, 5) is 22.7. The zero-order valence-electron chi connectivity index (χ0n) is 20.1. The van der Waals surface area contributed by atoms with E-state index in [1.807, 2.05) is 0 Å². The molecule has 0 heterocycles. The van der Waals surface area contributed by atoms with Gasteiger partial charge in [-0.2, -0.15) is 0 Å². The number of carbonyl (C=O) groups is 2. The second kappa shape index (κ2) is 23.2. The van der Waals surface area contributed by atoms with Crippen molar-refractivity contribution in [3.63, 3.8) is 0 Å². The van der Waals surface area contributed by atoms with Gasteiger partial charge in [-0.05, 0) is 6.42 Å². The van der Waals surface area contributed by atoms with Crippen molar-refractivity contribution in [2.24, 2.45) is 0 Å². The van der Waals surface area contributed by atoms with Crippen LogP contribution in [0.1, 0.15) is 110 Å². The van der Waals surface area contributed by atoms with Gasteiger partial charge in [-0.25, -0.2) is 9.59 Å². The first-order valence-corrected chi connectivity index (χ1v) is 12.5. The van der Waals surface area contributed by atoms with Crippen molar-refractivity contribution in [2.75, 3.05) is 26.8 Å². The Bertz CT molecular complexity index is 421. The summed E-state index contributed by atoms with van der Waals surface area (Å²) in [5, 5.41) is 14.1. The molecule has 0 rings (SSSR count). The van der Waals surface area contributed by atoms with Crippen molar-refractivity contribution < 1.29 is 24.2 Å². The van der Waals surface area contributed by atoms with E-state index in [1.54, 1.807) is 0 Å². The number of nitrogens with one attached hydrogen (secondary N) is 2. The third kappa shape index (κ3) is 21.5. The first kappa shape index (κ1) is 29.5. The average Bonchev–Trinajstić information content (AvgIpc) is 2.78. The molecule has 0 aliphatic heterocycles. The fraction of sp³-hybridized carbons (Fsp3) is 0.917. The van der Waals surface area contributed by atoms with E-state index < -0.39 is 24.9 Å². The quantitative estimate of drug-likeness (QED) is 0.198. The maximum Gasteiger partial charge on any atom is 0.407 e. The van der Waals surface area contributed by atoms with Crippen LogP contribution in [0, 0.1) is 0 Å². The number of ether oxygens (including phenoxy) is 2. The molecule has 0 aromatic heterocycles. The highest BCUT2D eigenvalue weighted by molar-refractivity contribution is 5.68. The second-order valence-electron chi connectivity index (χ2n) is 8.29. The lowest BCUT2D eigenvalue weighted by Gasteiger charge is -2.15. The molecule has 0 radical (unpaired) electrons. The smallest absolute Gasteiger partial charge is 0.407 e. The van der Waals surface area contributed by atoms with Gasteiger partial charge in [0.1, 0.15) is 6.61 Å². The summed E-state index contributed by atoms with van der Waals surface area (Å²) in [6.45, 7) is 2.26. The summed E-state index contributed by atoms with van der Waals surface area (Å²) < 4.78 is 9.79. The highest BCUT2D eigenvalue weighted by atomic mass is 16.6. The highest BCUT2D eigenvalue weighted by Gasteiger charge is 2.14. The number of alkyl carbamates (subject to hydrolysis) is 2. The summed E-state index contributed by atoms with van der Waals surface area (Å²) >= 11 is 0. The van der Waals surface area contributed by atoms with Crippen molar-refractivity contribution in [3.8, 4) is 0 Å². The van der Waals surface area contributed by atoms with Crippen LogP contribution in [0.4, 0.5) is 9.59 Å². The van der Waals surface area contributed by atoms with Gasteiger partial charge in [0.25, 0.3) is 0 Å². The third-order valence-electron chi connectivity index (χ3n) is 5.38. The molecule has 0 aromatic carbocycles.